The van der Waals surface area contributed by atoms with Crippen LogP contribution >= 0.6 is 0 Å². The predicted octanol–water partition coefficient (Wildman–Crippen LogP) is 2.95. The Bertz CT molecular complexity index is 721. The fraction of sp³-hybridized carbons (Fsp3) is 0.294. The minimum Gasteiger partial charge on any atom is -0.370 e. The van der Waals surface area contributed by atoms with Gasteiger partial charge in [-0.2, -0.15) is 5.26 Å². The van der Waals surface area contributed by atoms with Crippen LogP contribution in [0.25, 0.3) is 0 Å². The molecule has 2 aromatic rings. The van der Waals surface area contributed by atoms with Crippen molar-refractivity contribution in [3.05, 3.63) is 58.8 Å². The van der Waals surface area contributed by atoms with Crippen molar-refractivity contribution in [2.24, 2.45) is 0 Å². The van der Waals surface area contributed by atoms with Gasteiger partial charge in [0.25, 0.3) is 0 Å². The second-order valence-corrected chi connectivity index (χ2v) is 5.60. The Labute approximate surface area is 123 Å². The van der Waals surface area contributed by atoms with E-state index in [1.807, 2.05) is 12.1 Å². The van der Waals surface area contributed by atoms with Crippen LogP contribution in [0.15, 0.2) is 36.4 Å². The molecule has 104 valence electrons. The molecule has 0 unspecified atom stereocenters. The third kappa shape index (κ3) is 2.26. The molecule has 0 bridgehead atoms. The van der Waals surface area contributed by atoms with Crippen LogP contribution in [0.4, 0.5) is 5.82 Å². The zero-order valence-electron chi connectivity index (χ0n) is 11.5. The first-order valence-corrected chi connectivity index (χ1v) is 7.17. The van der Waals surface area contributed by atoms with Gasteiger partial charge in [-0.05, 0) is 18.1 Å². The summed E-state index contributed by atoms with van der Waals surface area (Å²) in [7, 11) is 0. The molecule has 1 aliphatic carbocycles. The Morgan fingerprint density at radius 1 is 1.24 bits per heavy atom. The molecule has 2 aliphatic rings. The third-order valence-corrected chi connectivity index (χ3v) is 4.15. The van der Waals surface area contributed by atoms with Crippen LogP contribution in [0.2, 0.25) is 0 Å². The smallest absolute Gasteiger partial charge is 0.144 e. The quantitative estimate of drug-likeness (QED) is 0.937. The van der Waals surface area contributed by atoms with E-state index in [9.17, 15) is 5.26 Å². The normalized spacial score (nSPS) is 22.4. The molecule has 0 saturated heterocycles. The molecule has 0 amide bonds. The molecule has 0 spiro atoms. The minimum atomic E-state index is 0.368. The lowest BCUT2D eigenvalue weighted by atomic mass is 10.1. The van der Waals surface area contributed by atoms with Crippen LogP contribution in [-0.2, 0) is 18.0 Å². The van der Waals surface area contributed by atoms with Crippen LogP contribution in [-0.4, -0.2) is 11.0 Å². The van der Waals surface area contributed by atoms with E-state index in [1.165, 1.54) is 5.56 Å². The number of hydrogen-bond donors (Lipinski definition) is 1. The number of hydrogen-bond acceptors (Lipinski definition) is 4. The first-order chi connectivity index (χ1) is 10.3. The molecule has 1 aromatic carbocycles. The molecule has 4 heteroatoms. The van der Waals surface area contributed by atoms with Gasteiger partial charge in [-0.1, -0.05) is 30.3 Å². The lowest BCUT2D eigenvalue weighted by molar-refractivity contribution is 0.133. The van der Waals surface area contributed by atoms with Crippen molar-refractivity contribution in [3.8, 4) is 6.07 Å². The summed E-state index contributed by atoms with van der Waals surface area (Å²) in [4.78, 5) is 4.57. The van der Waals surface area contributed by atoms with Crippen molar-refractivity contribution in [1.82, 2.24) is 4.98 Å². The van der Waals surface area contributed by atoms with E-state index in [2.05, 4.69) is 40.6 Å². The van der Waals surface area contributed by atoms with Crippen LogP contribution < -0.4 is 5.32 Å². The summed E-state index contributed by atoms with van der Waals surface area (Å²) in [6.07, 6.45) is 1.09. The van der Waals surface area contributed by atoms with Crippen LogP contribution in [0, 0.1) is 11.3 Å². The van der Waals surface area contributed by atoms with Crippen molar-refractivity contribution in [2.75, 3.05) is 5.32 Å². The topological polar surface area (TPSA) is 57.9 Å². The van der Waals surface area contributed by atoms with E-state index in [0.717, 1.165) is 17.7 Å². The van der Waals surface area contributed by atoms with Gasteiger partial charge in [-0.3, -0.25) is 0 Å². The molecule has 1 aliphatic heterocycles. The molecule has 1 fully saturated rings. The number of anilines is 1. The van der Waals surface area contributed by atoms with E-state index < -0.39 is 0 Å². The van der Waals surface area contributed by atoms with Crippen molar-refractivity contribution < 1.29 is 4.74 Å². The Hall–Kier alpha value is -2.38. The maximum Gasteiger partial charge on any atom is 0.144 e. The lowest BCUT2D eigenvalue weighted by Gasteiger charge is -2.09. The molecule has 2 heterocycles. The van der Waals surface area contributed by atoms with Gasteiger partial charge in [-0.25, -0.2) is 4.98 Å². The van der Waals surface area contributed by atoms with Crippen LogP contribution in [0.1, 0.15) is 34.7 Å². The summed E-state index contributed by atoms with van der Waals surface area (Å²) in [5.41, 5.74) is 3.94. The zero-order valence-corrected chi connectivity index (χ0v) is 11.5. The summed E-state index contributed by atoms with van der Waals surface area (Å²) < 4.78 is 5.38. The summed E-state index contributed by atoms with van der Waals surface area (Å²) in [6, 6.07) is 15.0. The van der Waals surface area contributed by atoms with E-state index in [4.69, 9.17) is 4.74 Å². The van der Waals surface area contributed by atoms with E-state index in [-0.39, 0.29) is 0 Å². The highest BCUT2D eigenvalue weighted by molar-refractivity contribution is 5.56. The van der Waals surface area contributed by atoms with Gasteiger partial charge in [0.1, 0.15) is 11.9 Å². The van der Waals surface area contributed by atoms with Gasteiger partial charge in [0.2, 0.25) is 0 Å². The molecular formula is C17H15N3O. The van der Waals surface area contributed by atoms with Crippen molar-refractivity contribution >= 4 is 5.82 Å². The van der Waals surface area contributed by atoms with Gasteiger partial charge in [-0.15, -0.1) is 0 Å². The van der Waals surface area contributed by atoms with Gasteiger partial charge >= 0.3 is 0 Å². The Morgan fingerprint density at radius 3 is 2.90 bits per heavy atom. The van der Waals surface area contributed by atoms with Crippen molar-refractivity contribution in [2.45, 2.75) is 31.6 Å². The average Bonchev–Trinajstić information content (AvgIpc) is 3.14. The molecule has 4 nitrogen and oxygen atoms in total. The van der Waals surface area contributed by atoms with Crippen molar-refractivity contribution in [3.63, 3.8) is 0 Å². The summed E-state index contributed by atoms with van der Waals surface area (Å²) in [5, 5.41) is 12.7. The van der Waals surface area contributed by atoms with Gasteiger partial charge < -0.3 is 10.1 Å². The first kappa shape index (κ1) is 12.4. The minimum absolute atomic E-state index is 0.368. The number of aromatic nitrogens is 1. The molecule has 21 heavy (non-hydrogen) atoms. The number of fused-ring (bicyclic) bond motifs is 1. The van der Waals surface area contributed by atoms with Crippen LogP contribution in [0.3, 0.4) is 0 Å². The predicted molar refractivity (Wildman–Crippen MR) is 78.7 cm³/mol. The highest BCUT2D eigenvalue weighted by Crippen LogP contribution is 2.43. The van der Waals surface area contributed by atoms with Gasteiger partial charge in [0.05, 0.1) is 24.5 Å². The van der Waals surface area contributed by atoms with E-state index in [1.54, 1.807) is 0 Å². The Balaban J connectivity index is 1.55. The van der Waals surface area contributed by atoms with Gasteiger partial charge in [0.15, 0.2) is 0 Å². The average molecular weight is 277 g/mol. The summed E-state index contributed by atoms with van der Waals surface area (Å²) in [6.45, 7) is 1.11. The zero-order chi connectivity index (χ0) is 14.2. The number of nitrogens with zero attached hydrogens (tertiary/aromatic N) is 2. The molecular weight excluding hydrogens is 262 g/mol. The van der Waals surface area contributed by atoms with E-state index >= 15 is 0 Å². The Kier molecular flexibility index (Phi) is 2.87. The number of benzene rings is 1. The summed E-state index contributed by atoms with van der Waals surface area (Å²) >= 11 is 0. The second kappa shape index (κ2) is 4.87. The van der Waals surface area contributed by atoms with Crippen molar-refractivity contribution in [1.29, 1.82) is 5.26 Å². The number of nitriles is 1. The first-order valence-electron chi connectivity index (χ1n) is 7.17. The lowest BCUT2D eigenvalue weighted by Crippen LogP contribution is -2.09. The fourth-order valence-corrected chi connectivity index (χ4v) is 2.89. The van der Waals surface area contributed by atoms with E-state index in [0.29, 0.717) is 36.6 Å². The number of nitrogens with one attached hydrogen (secondary N) is 1. The maximum atomic E-state index is 9.30. The number of rotatable bonds is 3. The Morgan fingerprint density at radius 2 is 2.10 bits per heavy atom. The maximum absolute atomic E-state index is 9.30. The largest absolute Gasteiger partial charge is 0.370 e. The standard InChI is InChI=1S/C17H15N3O/c18-8-12-6-13-9-21-10-16(13)20-17(12)19-15-7-14(15)11-4-2-1-3-5-11/h1-6,14-15H,7,9-10H2,(H,19,20)/t14-,15+/m0/s1. The molecule has 1 N–H and O–H groups in total. The highest BCUT2D eigenvalue weighted by Gasteiger charge is 2.39. The molecule has 4 rings (SSSR count). The number of ether oxygens (including phenoxy) is 1. The molecule has 2 atom stereocenters. The molecule has 1 saturated carbocycles. The number of pyridine rings is 1. The highest BCUT2D eigenvalue weighted by atomic mass is 16.5. The third-order valence-electron chi connectivity index (χ3n) is 4.15. The fourth-order valence-electron chi connectivity index (χ4n) is 2.89. The molecule has 0 radical (unpaired) electrons. The van der Waals surface area contributed by atoms with Gasteiger partial charge in [0, 0.05) is 17.5 Å². The summed E-state index contributed by atoms with van der Waals surface area (Å²) in [5.74, 6) is 1.22. The molecule has 1 aromatic heterocycles. The SMILES string of the molecule is N#Cc1cc2c(nc1N[C@@H]1C[C@H]1c1ccccc1)COC2. The monoisotopic (exact) mass is 277 g/mol. The van der Waals surface area contributed by atoms with Crippen LogP contribution in [0.5, 0.6) is 0 Å². The second-order valence-electron chi connectivity index (χ2n) is 5.60.